The Bertz CT molecular complexity index is 671. The van der Waals surface area contributed by atoms with E-state index in [1.54, 1.807) is 25.1 Å². The number of benzene rings is 1. The molecule has 0 spiro atoms. The summed E-state index contributed by atoms with van der Waals surface area (Å²) in [6, 6.07) is 9.02. The molecule has 0 atom stereocenters. The number of hydrogen-bond donors (Lipinski definition) is 2. The van der Waals surface area contributed by atoms with Crippen molar-refractivity contribution >= 4 is 23.3 Å². The number of aryl methyl sites for hydroxylation is 1. The van der Waals surface area contributed by atoms with Gasteiger partial charge in [-0.25, -0.2) is 9.97 Å². The van der Waals surface area contributed by atoms with Crippen LogP contribution < -0.4 is 10.6 Å². The summed E-state index contributed by atoms with van der Waals surface area (Å²) in [6.45, 7) is 7.22. The number of aromatic nitrogens is 2. The van der Waals surface area contributed by atoms with Gasteiger partial charge in [0.15, 0.2) is 0 Å². The Labute approximate surface area is 141 Å². The van der Waals surface area contributed by atoms with Gasteiger partial charge in [0.25, 0.3) is 5.91 Å². The van der Waals surface area contributed by atoms with Gasteiger partial charge in [0.2, 0.25) is 0 Å². The molecule has 0 radical (unpaired) electrons. The van der Waals surface area contributed by atoms with Crippen LogP contribution in [0.3, 0.4) is 0 Å². The summed E-state index contributed by atoms with van der Waals surface area (Å²) in [5.74, 6) is 1.50. The molecule has 122 valence electrons. The molecule has 0 fully saturated rings. The van der Waals surface area contributed by atoms with Crippen LogP contribution >= 0.6 is 11.6 Å². The zero-order chi connectivity index (χ0) is 16.8. The average molecular weight is 333 g/mol. The van der Waals surface area contributed by atoms with Crippen LogP contribution in [0, 0.1) is 12.8 Å². The number of carbonyl (C=O) groups is 1. The number of hydrogen-bond acceptors (Lipinski definition) is 4. The Balaban J connectivity index is 2.02. The van der Waals surface area contributed by atoms with E-state index in [1.807, 2.05) is 12.1 Å². The minimum atomic E-state index is -0.224. The van der Waals surface area contributed by atoms with Crippen molar-refractivity contribution in [1.29, 1.82) is 0 Å². The fourth-order valence-corrected chi connectivity index (χ4v) is 2.08. The number of nitrogens with zero attached hydrogens (tertiary/aromatic N) is 2. The summed E-state index contributed by atoms with van der Waals surface area (Å²) in [6.07, 6.45) is 0. The van der Waals surface area contributed by atoms with Gasteiger partial charge >= 0.3 is 0 Å². The minimum Gasteiger partial charge on any atom is -0.370 e. The van der Waals surface area contributed by atoms with Crippen molar-refractivity contribution in [3.05, 3.63) is 52.4 Å². The molecule has 1 heterocycles. The lowest BCUT2D eigenvalue weighted by molar-refractivity contribution is 0.0945. The lowest BCUT2D eigenvalue weighted by Crippen LogP contribution is -2.24. The summed E-state index contributed by atoms with van der Waals surface area (Å²) in [5.41, 5.74) is 1.34. The number of carbonyl (C=O) groups excluding carboxylic acids is 1. The molecule has 0 saturated heterocycles. The highest BCUT2D eigenvalue weighted by Gasteiger charge is 2.10. The summed E-state index contributed by atoms with van der Waals surface area (Å²) in [4.78, 5) is 20.8. The van der Waals surface area contributed by atoms with Crippen LogP contribution in [0.5, 0.6) is 0 Å². The third-order valence-corrected chi connectivity index (χ3v) is 3.38. The number of anilines is 1. The van der Waals surface area contributed by atoms with E-state index >= 15 is 0 Å². The average Bonchev–Trinajstić information content (AvgIpc) is 2.51. The second-order valence-corrected chi connectivity index (χ2v) is 6.21. The van der Waals surface area contributed by atoms with Gasteiger partial charge in [-0.3, -0.25) is 4.79 Å². The Hall–Kier alpha value is -2.14. The van der Waals surface area contributed by atoms with Crippen LogP contribution in [-0.4, -0.2) is 22.4 Å². The van der Waals surface area contributed by atoms with E-state index in [-0.39, 0.29) is 5.91 Å². The van der Waals surface area contributed by atoms with Gasteiger partial charge in [-0.2, -0.15) is 0 Å². The van der Waals surface area contributed by atoms with Gasteiger partial charge in [-0.1, -0.05) is 37.6 Å². The lowest BCUT2D eigenvalue weighted by atomic mass is 10.2. The Morgan fingerprint density at radius 1 is 1.22 bits per heavy atom. The first-order valence-corrected chi connectivity index (χ1v) is 7.94. The molecule has 1 amide bonds. The molecule has 6 heteroatoms. The number of halogens is 1. The van der Waals surface area contributed by atoms with Gasteiger partial charge in [-0.05, 0) is 30.5 Å². The topological polar surface area (TPSA) is 66.9 Å². The van der Waals surface area contributed by atoms with Gasteiger partial charge < -0.3 is 10.6 Å². The first-order chi connectivity index (χ1) is 10.9. The molecule has 5 nitrogen and oxygen atoms in total. The fourth-order valence-electron chi connectivity index (χ4n) is 1.96. The molecule has 23 heavy (non-hydrogen) atoms. The third kappa shape index (κ3) is 5.53. The van der Waals surface area contributed by atoms with Crippen molar-refractivity contribution < 1.29 is 4.79 Å². The van der Waals surface area contributed by atoms with Crippen molar-refractivity contribution in [2.45, 2.75) is 27.3 Å². The monoisotopic (exact) mass is 332 g/mol. The Morgan fingerprint density at radius 2 is 1.91 bits per heavy atom. The highest BCUT2D eigenvalue weighted by molar-refractivity contribution is 6.30. The Morgan fingerprint density at radius 3 is 2.57 bits per heavy atom. The molecule has 0 aliphatic heterocycles. The maximum atomic E-state index is 12.3. The van der Waals surface area contributed by atoms with E-state index in [4.69, 9.17) is 11.6 Å². The maximum Gasteiger partial charge on any atom is 0.270 e. The van der Waals surface area contributed by atoms with Gasteiger partial charge in [0, 0.05) is 24.2 Å². The highest BCUT2D eigenvalue weighted by atomic mass is 35.5. The molecule has 0 bridgehead atoms. The van der Waals surface area contributed by atoms with Crippen molar-refractivity contribution in [3.8, 4) is 0 Å². The zero-order valence-corrected chi connectivity index (χ0v) is 14.3. The van der Waals surface area contributed by atoms with Gasteiger partial charge in [-0.15, -0.1) is 0 Å². The molecule has 0 aliphatic carbocycles. The van der Waals surface area contributed by atoms with E-state index in [9.17, 15) is 4.79 Å². The smallest absolute Gasteiger partial charge is 0.270 e. The standard InChI is InChI=1S/C17H21ClN4O/c1-11(2)9-19-16-8-15(21-12(3)22-16)17(23)20-10-13-4-6-14(18)7-5-13/h4-8,11H,9-10H2,1-3H3,(H,20,23)(H,19,21,22). The van der Waals surface area contributed by atoms with Crippen LogP contribution in [0.1, 0.15) is 35.7 Å². The molecule has 1 aromatic heterocycles. The molecule has 0 unspecified atom stereocenters. The molecule has 2 aromatic rings. The first-order valence-electron chi connectivity index (χ1n) is 7.56. The maximum absolute atomic E-state index is 12.3. The zero-order valence-electron chi connectivity index (χ0n) is 13.6. The summed E-state index contributed by atoms with van der Waals surface area (Å²) < 4.78 is 0. The van der Waals surface area contributed by atoms with Crippen LogP contribution in [0.4, 0.5) is 5.82 Å². The summed E-state index contributed by atoms with van der Waals surface area (Å²) >= 11 is 5.85. The van der Waals surface area contributed by atoms with E-state index in [0.717, 1.165) is 12.1 Å². The largest absolute Gasteiger partial charge is 0.370 e. The summed E-state index contributed by atoms with van der Waals surface area (Å²) in [7, 11) is 0. The highest BCUT2D eigenvalue weighted by Crippen LogP contribution is 2.10. The molecule has 2 N–H and O–H groups in total. The molecule has 2 rings (SSSR count). The summed E-state index contributed by atoms with van der Waals surface area (Å²) in [5, 5.41) is 6.74. The number of amides is 1. The second kappa shape index (κ2) is 7.92. The van der Waals surface area contributed by atoms with Crippen molar-refractivity contribution in [2.75, 3.05) is 11.9 Å². The van der Waals surface area contributed by atoms with E-state index < -0.39 is 0 Å². The van der Waals surface area contributed by atoms with Crippen molar-refractivity contribution in [1.82, 2.24) is 15.3 Å². The quantitative estimate of drug-likeness (QED) is 0.850. The predicted octanol–water partition coefficient (Wildman–Crippen LogP) is 3.44. The molecule has 0 aliphatic rings. The molecule has 1 aromatic carbocycles. The van der Waals surface area contributed by atoms with E-state index in [2.05, 4.69) is 34.4 Å². The Kier molecular flexibility index (Phi) is 5.93. The predicted molar refractivity (Wildman–Crippen MR) is 92.7 cm³/mol. The van der Waals surface area contributed by atoms with Crippen molar-refractivity contribution in [2.24, 2.45) is 5.92 Å². The second-order valence-electron chi connectivity index (χ2n) is 5.77. The fraction of sp³-hybridized carbons (Fsp3) is 0.353. The number of nitrogens with one attached hydrogen (secondary N) is 2. The SMILES string of the molecule is Cc1nc(NCC(C)C)cc(C(=O)NCc2ccc(Cl)cc2)n1. The van der Waals surface area contributed by atoms with Gasteiger partial charge in [0.05, 0.1) is 0 Å². The molecule has 0 saturated carbocycles. The first kappa shape index (κ1) is 17.2. The van der Waals surface area contributed by atoms with Crippen LogP contribution in [0.15, 0.2) is 30.3 Å². The third-order valence-electron chi connectivity index (χ3n) is 3.13. The normalized spacial score (nSPS) is 10.7. The van der Waals surface area contributed by atoms with Crippen molar-refractivity contribution in [3.63, 3.8) is 0 Å². The molecular weight excluding hydrogens is 312 g/mol. The minimum absolute atomic E-state index is 0.224. The van der Waals surface area contributed by atoms with E-state index in [0.29, 0.717) is 34.8 Å². The van der Waals surface area contributed by atoms with Crippen LogP contribution in [-0.2, 0) is 6.54 Å². The van der Waals surface area contributed by atoms with Crippen LogP contribution in [0.2, 0.25) is 5.02 Å². The molecular formula is C17H21ClN4O. The van der Waals surface area contributed by atoms with Gasteiger partial charge in [0.1, 0.15) is 17.3 Å². The number of rotatable bonds is 6. The lowest BCUT2D eigenvalue weighted by Gasteiger charge is -2.10. The van der Waals surface area contributed by atoms with Crippen LogP contribution in [0.25, 0.3) is 0 Å². The van der Waals surface area contributed by atoms with E-state index in [1.165, 1.54) is 0 Å².